The lowest BCUT2D eigenvalue weighted by Gasteiger charge is -2.11. The van der Waals surface area contributed by atoms with Crippen LogP contribution in [0.5, 0.6) is 5.75 Å². The van der Waals surface area contributed by atoms with Crippen molar-refractivity contribution in [2.75, 3.05) is 12.4 Å². The average molecular weight is 384 g/mol. The maximum absolute atomic E-state index is 12.6. The second-order valence-electron chi connectivity index (χ2n) is 6.43. The molecule has 144 valence electrons. The van der Waals surface area contributed by atoms with Crippen LogP contribution in [0.25, 0.3) is 10.9 Å². The van der Waals surface area contributed by atoms with Crippen LogP contribution in [0.1, 0.15) is 15.9 Å². The van der Waals surface area contributed by atoms with E-state index in [2.05, 4.69) is 20.6 Å². The number of ether oxygens (including phenoxy) is 1. The van der Waals surface area contributed by atoms with Crippen LogP contribution in [0.15, 0.2) is 79.1 Å². The summed E-state index contributed by atoms with van der Waals surface area (Å²) in [6, 6.07) is 20.8. The quantitative estimate of drug-likeness (QED) is 0.518. The van der Waals surface area contributed by atoms with E-state index in [0.717, 1.165) is 27.9 Å². The molecule has 0 saturated heterocycles. The van der Waals surface area contributed by atoms with E-state index < -0.39 is 0 Å². The molecule has 0 aliphatic rings. The van der Waals surface area contributed by atoms with Crippen molar-refractivity contribution >= 4 is 28.3 Å². The van der Waals surface area contributed by atoms with Crippen molar-refractivity contribution in [3.8, 4) is 5.75 Å². The van der Waals surface area contributed by atoms with Gasteiger partial charge in [-0.25, -0.2) is 4.98 Å². The molecule has 0 atom stereocenters. The first-order valence-corrected chi connectivity index (χ1v) is 9.21. The fourth-order valence-corrected chi connectivity index (χ4v) is 3.11. The van der Waals surface area contributed by atoms with Crippen LogP contribution in [0.3, 0.4) is 0 Å². The molecule has 0 unspecified atom stereocenters. The van der Waals surface area contributed by atoms with E-state index in [1.807, 2.05) is 54.6 Å². The number of nitrogens with one attached hydrogen (secondary N) is 2. The van der Waals surface area contributed by atoms with E-state index >= 15 is 0 Å². The summed E-state index contributed by atoms with van der Waals surface area (Å²) < 4.78 is 5.33. The minimum atomic E-state index is -0.183. The number of aromatic nitrogens is 2. The van der Waals surface area contributed by atoms with Gasteiger partial charge in [0.05, 0.1) is 18.3 Å². The number of hydrogen-bond acceptors (Lipinski definition) is 5. The van der Waals surface area contributed by atoms with Gasteiger partial charge < -0.3 is 15.4 Å². The topological polar surface area (TPSA) is 76.1 Å². The largest absolute Gasteiger partial charge is 0.496 e. The minimum absolute atomic E-state index is 0.183. The van der Waals surface area contributed by atoms with Gasteiger partial charge in [0.1, 0.15) is 11.6 Å². The number of methoxy groups -OCH3 is 1. The number of para-hydroxylation sites is 2. The Morgan fingerprint density at radius 2 is 1.83 bits per heavy atom. The van der Waals surface area contributed by atoms with Gasteiger partial charge in [-0.1, -0.05) is 36.4 Å². The zero-order valence-electron chi connectivity index (χ0n) is 15.9. The molecule has 6 nitrogen and oxygen atoms in total. The molecular formula is C23H20N4O2. The fourth-order valence-electron chi connectivity index (χ4n) is 3.11. The number of anilines is 2. The Bertz CT molecular complexity index is 1150. The highest BCUT2D eigenvalue weighted by Gasteiger charge is 2.10. The predicted molar refractivity (Wildman–Crippen MR) is 113 cm³/mol. The molecule has 1 amide bonds. The standard InChI is InChI=1S/C23H20N4O2/c1-29-20-10-3-2-6-18(20)15-26-23(28)17-11-13-24-21(14-17)27-19-9-4-7-16-8-5-12-25-22(16)19/h2-14H,15H2,1H3,(H,24,27)(H,26,28). The number of nitrogens with zero attached hydrogens (tertiary/aromatic N) is 2. The maximum Gasteiger partial charge on any atom is 0.251 e. The third kappa shape index (κ3) is 4.16. The van der Waals surface area contributed by atoms with Gasteiger partial charge in [0, 0.05) is 35.5 Å². The van der Waals surface area contributed by atoms with Gasteiger partial charge in [-0.15, -0.1) is 0 Å². The number of carbonyl (C=O) groups excluding carboxylic acids is 1. The SMILES string of the molecule is COc1ccccc1CNC(=O)c1ccnc(Nc2cccc3cccnc23)c1. The highest BCUT2D eigenvalue weighted by Crippen LogP contribution is 2.24. The van der Waals surface area contributed by atoms with Gasteiger partial charge in [0.25, 0.3) is 5.91 Å². The van der Waals surface area contributed by atoms with Gasteiger partial charge in [-0.05, 0) is 30.3 Å². The van der Waals surface area contributed by atoms with Gasteiger partial charge in [0.2, 0.25) is 0 Å². The molecule has 2 N–H and O–H groups in total. The normalized spacial score (nSPS) is 10.5. The van der Waals surface area contributed by atoms with E-state index in [9.17, 15) is 4.79 Å². The van der Waals surface area contributed by atoms with Crippen molar-refractivity contribution in [2.24, 2.45) is 0 Å². The Morgan fingerprint density at radius 3 is 2.72 bits per heavy atom. The van der Waals surface area contributed by atoms with Gasteiger partial charge in [-0.2, -0.15) is 0 Å². The Hall–Kier alpha value is -3.93. The number of benzene rings is 2. The first-order valence-electron chi connectivity index (χ1n) is 9.21. The number of carbonyl (C=O) groups is 1. The molecule has 2 aromatic carbocycles. The molecule has 2 heterocycles. The first-order chi connectivity index (χ1) is 14.2. The molecule has 2 aromatic heterocycles. The van der Waals surface area contributed by atoms with E-state index in [1.54, 1.807) is 31.6 Å². The van der Waals surface area contributed by atoms with Crippen molar-refractivity contribution in [2.45, 2.75) is 6.54 Å². The number of hydrogen-bond donors (Lipinski definition) is 2. The summed E-state index contributed by atoms with van der Waals surface area (Å²) in [4.78, 5) is 21.4. The number of fused-ring (bicyclic) bond motifs is 1. The molecule has 0 fully saturated rings. The van der Waals surface area contributed by atoms with Crippen molar-refractivity contribution in [3.63, 3.8) is 0 Å². The molecule has 0 radical (unpaired) electrons. The van der Waals surface area contributed by atoms with E-state index in [0.29, 0.717) is 17.9 Å². The summed E-state index contributed by atoms with van der Waals surface area (Å²) in [7, 11) is 1.61. The van der Waals surface area contributed by atoms with E-state index in [4.69, 9.17) is 4.74 Å². The lowest BCUT2D eigenvalue weighted by Crippen LogP contribution is -2.23. The highest BCUT2D eigenvalue weighted by molar-refractivity contribution is 5.96. The fraction of sp³-hybridized carbons (Fsp3) is 0.0870. The lowest BCUT2D eigenvalue weighted by atomic mass is 10.1. The third-order valence-electron chi connectivity index (χ3n) is 4.55. The molecule has 6 heteroatoms. The van der Waals surface area contributed by atoms with Crippen LogP contribution in [0, 0.1) is 0 Å². The van der Waals surface area contributed by atoms with Crippen LogP contribution in [0.2, 0.25) is 0 Å². The maximum atomic E-state index is 12.6. The molecule has 29 heavy (non-hydrogen) atoms. The number of rotatable bonds is 6. The zero-order valence-corrected chi connectivity index (χ0v) is 15.9. The zero-order chi connectivity index (χ0) is 20.1. The summed E-state index contributed by atoms with van der Waals surface area (Å²) >= 11 is 0. The minimum Gasteiger partial charge on any atom is -0.496 e. The van der Waals surface area contributed by atoms with Crippen molar-refractivity contribution in [1.29, 1.82) is 0 Å². The molecule has 4 aromatic rings. The number of pyridine rings is 2. The summed E-state index contributed by atoms with van der Waals surface area (Å²) in [6.45, 7) is 0.376. The van der Waals surface area contributed by atoms with Crippen molar-refractivity contribution in [3.05, 3.63) is 90.3 Å². The molecule has 0 aliphatic carbocycles. The van der Waals surface area contributed by atoms with Crippen molar-refractivity contribution in [1.82, 2.24) is 15.3 Å². The lowest BCUT2D eigenvalue weighted by molar-refractivity contribution is 0.0950. The van der Waals surface area contributed by atoms with Crippen LogP contribution in [-0.2, 0) is 6.54 Å². The van der Waals surface area contributed by atoms with Gasteiger partial charge in [0.15, 0.2) is 0 Å². The average Bonchev–Trinajstić information content (AvgIpc) is 2.78. The van der Waals surface area contributed by atoms with Gasteiger partial charge in [-0.3, -0.25) is 9.78 Å². The molecule has 0 spiro atoms. The Morgan fingerprint density at radius 1 is 0.966 bits per heavy atom. The second-order valence-corrected chi connectivity index (χ2v) is 6.43. The molecular weight excluding hydrogens is 364 g/mol. The summed E-state index contributed by atoms with van der Waals surface area (Å²) in [5.41, 5.74) is 3.12. The van der Waals surface area contributed by atoms with Crippen LogP contribution >= 0.6 is 0 Å². The van der Waals surface area contributed by atoms with Crippen molar-refractivity contribution < 1.29 is 9.53 Å². The monoisotopic (exact) mass is 384 g/mol. The smallest absolute Gasteiger partial charge is 0.251 e. The Kier molecular flexibility index (Phi) is 5.33. The third-order valence-corrected chi connectivity index (χ3v) is 4.55. The van der Waals surface area contributed by atoms with E-state index in [-0.39, 0.29) is 5.91 Å². The Balaban J connectivity index is 1.50. The highest BCUT2D eigenvalue weighted by atomic mass is 16.5. The summed E-state index contributed by atoms with van der Waals surface area (Å²) in [5.74, 6) is 1.14. The second kappa shape index (κ2) is 8.39. The summed E-state index contributed by atoms with van der Waals surface area (Å²) in [6.07, 6.45) is 3.36. The number of amides is 1. The Labute approximate surface area is 168 Å². The van der Waals surface area contributed by atoms with Crippen LogP contribution in [0.4, 0.5) is 11.5 Å². The molecule has 0 saturated carbocycles. The van der Waals surface area contributed by atoms with Crippen LogP contribution in [-0.4, -0.2) is 23.0 Å². The van der Waals surface area contributed by atoms with Gasteiger partial charge >= 0.3 is 0 Å². The molecule has 0 aliphatic heterocycles. The van der Waals surface area contributed by atoms with E-state index in [1.165, 1.54) is 0 Å². The first kappa shape index (κ1) is 18.4. The summed E-state index contributed by atoms with van der Waals surface area (Å²) in [5, 5.41) is 7.22. The molecule has 0 bridgehead atoms. The molecule has 4 rings (SSSR count). The van der Waals surface area contributed by atoms with Crippen LogP contribution < -0.4 is 15.4 Å². The predicted octanol–water partition coefficient (Wildman–Crippen LogP) is 4.31.